The minimum atomic E-state index is 0.745. The smallest absolute Gasteiger partial charge is 0.134 e. The van der Waals surface area contributed by atoms with E-state index in [1.54, 1.807) is 0 Å². The van der Waals surface area contributed by atoms with Crippen LogP contribution in [0.1, 0.15) is 28.1 Å². The quantitative estimate of drug-likeness (QED) is 0.398. The summed E-state index contributed by atoms with van der Waals surface area (Å²) < 4.78 is 2.28. The largest absolute Gasteiger partial charge is 0.320 e. The van der Waals surface area contributed by atoms with Gasteiger partial charge in [-0.2, -0.15) is 0 Å². The Kier molecular flexibility index (Phi) is 4.83. The summed E-state index contributed by atoms with van der Waals surface area (Å²) in [5, 5.41) is 0.745. The van der Waals surface area contributed by atoms with Crippen LogP contribution in [0.5, 0.6) is 0 Å². The van der Waals surface area contributed by atoms with Crippen molar-refractivity contribution in [1.82, 2.24) is 9.55 Å². The zero-order chi connectivity index (χ0) is 18.8. The number of rotatable bonds is 4. The van der Waals surface area contributed by atoms with Crippen LogP contribution in [-0.4, -0.2) is 9.55 Å². The molecule has 0 atom stereocenters. The van der Waals surface area contributed by atoms with E-state index in [2.05, 4.69) is 67.0 Å². The topological polar surface area (TPSA) is 17.8 Å². The summed E-state index contributed by atoms with van der Waals surface area (Å²) >= 11 is 5.98. The van der Waals surface area contributed by atoms with Gasteiger partial charge in [-0.1, -0.05) is 65.7 Å². The SMILES string of the molecule is Cc1ccc(C)c(Cn2c(C=Cc3ccc(Cl)cc3)nc3ccccc32)c1. The maximum Gasteiger partial charge on any atom is 0.134 e. The second kappa shape index (κ2) is 7.42. The van der Waals surface area contributed by atoms with Crippen LogP contribution in [0.15, 0.2) is 66.7 Å². The molecule has 0 aliphatic rings. The monoisotopic (exact) mass is 372 g/mol. The van der Waals surface area contributed by atoms with E-state index in [0.29, 0.717) is 0 Å². The molecule has 0 saturated carbocycles. The maximum absolute atomic E-state index is 5.98. The van der Waals surface area contributed by atoms with E-state index in [1.165, 1.54) is 16.7 Å². The lowest BCUT2D eigenvalue weighted by Gasteiger charge is -2.11. The van der Waals surface area contributed by atoms with Crippen molar-refractivity contribution in [3.8, 4) is 0 Å². The van der Waals surface area contributed by atoms with Gasteiger partial charge in [-0.15, -0.1) is 0 Å². The summed E-state index contributed by atoms with van der Waals surface area (Å²) in [5.41, 5.74) is 7.15. The number of aromatic nitrogens is 2. The highest BCUT2D eigenvalue weighted by Gasteiger charge is 2.10. The van der Waals surface area contributed by atoms with Crippen LogP contribution >= 0.6 is 11.6 Å². The molecule has 3 heteroatoms. The second-order valence-corrected chi connectivity index (χ2v) is 7.30. The Hall–Kier alpha value is -2.84. The summed E-state index contributed by atoms with van der Waals surface area (Å²) in [6.07, 6.45) is 4.16. The minimum Gasteiger partial charge on any atom is -0.320 e. The third kappa shape index (κ3) is 3.81. The highest BCUT2D eigenvalue weighted by molar-refractivity contribution is 6.30. The molecule has 4 aromatic rings. The molecule has 0 bridgehead atoms. The summed E-state index contributed by atoms with van der Waals surface area (Å²) in [6, 6.07) is 22.7. The summed E-state index contributed by atoms with van der Waals surface area (Å²) in [4.78, 5) is 4.84. The highest BCUT2D eigenvalue weighted by Crippen LogP contribution is 2.22. The van der Waals surface area contributed by atoms with Gasteiger partial charge in [-0.05, 0) is 60.9 Å². The van der Waals surface area contributed by atoms with Crippen molar-refractivity contribution in [1.29, 1.82) is 0 Å². The average Bonchev–Trinajstić information content (AvgIpc) is 3.02. The highest BCUT2D eigenvalue weighted by atomic mass is 35.5. The number of aryl methyl sites for hydroxylation is 2. The van der Waals surface area contributed by atoms with Crippen molar-refractivity contribution in [2.75, 3.05) is 0 Å². The van der Waals surface area contributed by atoms with Crippen LogP contribution in [0.4, 0.5) is 0 Å². The first-order valence-corrected chi connectivity index (χ1v) is 9.43. The molecule has 0 saturated heterocycles. The van der Waals surface area contributed by atoms with Crippen molar-refractivity contribution in [3.05, 3.63) is 99.8 Å². The third-order valence-corrected chi connectivity index (χ3v) is 5.06. The van der Waals surface area contributed by atoms with Crippen molar-refractivity contribution in [2.24, 2.45) is 0 Å². The predicted octanol–water partition coefficient (Wildman–Crippen LogP) is 6.53. The maximum atomic E-state index is 5.98. The van der Waals surface area contributed by atoms with Gasteiger partial charge in [0, 0.05) is 11.6 Å². The van der Waals surface area contributed by atoms with Crippen LogP contribution in [0.2, 0.25) is 5.02 Å². The van der Waals surface area contributed by atoms with E-state index < -0.39 is 0 Å². The molecule has 1 aromatic heterocycles. The number of halogens is 1. The molecule has 0 amide bonds. The van der Waals surface area contributed by atoms with Gasteiger partial charge in [0.25, 0.3) is 0 Å². The number of fused-ring (bicyclic) bond motifs is 1. The fraction of sp³-hybridized carbons (Fsp3) is 0.125. The van der Waals surface area contributed by atoms with Crippen LogP contribution in [0.3, 0.4) is 0 Å². The van der Waals surface area contributed by atoms with E-state index in [9.17, 15) is 0 Å². The van der Waals surface area contributed by atoms with Crippen molar-refractivity contribution >= 4 is 34.8 Å². The molecular weight excluding hydrogens is 352 g/mol. The molecule has 0 radical (unpaired) electrons. The van der Waals surface area contributed by atoms with E-state index in [4.69, 9.17) is 16.6 Å². The van der Waals surface area contributed by atoms with E-state index >= 15 is 0 Å². The van der Waals surface area contributed by atoms with E-state index in [1.807, 2.05) is 30.3 Å². The molecule has 3 aromatic carbocycles. The zero-order valence-corrected chi connectivity index (χ0v) is 16.2. The standard InChI is InChI=1S/C24H21ClN2/c1-17-7-8-18(2)20(15-17)16-27-23-6-4-3-5-22(23)26-24(27)14-11-19-9-12-21(25)13-10-19/h3-15H,16H2,1-2H3. The molecule has 4 rings (SSSR count). The number of imidazole rings is 1. The lowest BCUT2D eigenvalue weighted by molar-refractivity contribution is 0.807. The van der Waals surface area contributed by atoms with Gasteiger partial charge in [0.1, 0.15) is 5.82 Å². The van der Waals surface area contributed by atoms with Crippen LogP contribution in [0, 0.1) is 13.8 Å². The Morgan fingerprint density at radius 1 is 0.926 bits per heavy atom. The fourth-order valence-electron chi connectivity index (χ4n) is 3.27. The van der Waals surface area contributed by atoms with Gasteiger partial charge >= 0.3 is 0 Å². The first-order chi connectivity index (χ1) is 13.1. The van der Waals surface area contributed by atoms with Gasteiger partial charge in [-0.3, -0.25) is 0 Å². The number of benzene rings is 3. The Labute approximate surface area is 164 Å². The van der Waals surface area contributed by atoms with Crippen molar-refractivity contribution in [2.45, 2.75) is 20.4 Å². The number of hydrogen-bond donors (Lipinski definition) is 0. The van der Waals surface area contributed by atoms with Gasteiger partial charge in [0.05, 0.1) is 11.0 Å². The van der Waals surface area contributed by atoms with Crippen LogP contribution < -0.4 is 0 Å². The van der Waals surface area contributed by atoms with Gasteiger partial charge in [0.2, 0.25) is 0 Å². The average molecular weight is 373 g/mol. The van der Waals surface area contributed by atoms with Crippen molar-refractivity contribution in [3.63, 3.8) is 0 Å². The molecule has 2 nitrogen and oxygen atoms in total. The second-order valence-electron chi connectivity index (χ2n) is 6.86. The molecule has 0 aliphatic heterocycles. The van der Waals surface area contributed by atoms with E-state index in [0.717, 1.165) is 34.0 Å². The molecule has 0 aliphatic carbocycles. The molecule has 1 heterocycles. The summed E-state index contributed by atoms with van der Waals surface area (Å²) in [5.74, 6) is 0.951. The van der Waals surface area contributed by atoms with E-state index in [-0.39, 0.29) is 0 Å². The van der Waals surface area contributed by atoms with Gasteiger partial charge in [0.15, 0.2) is 0 Å². The van der Waals surface area contributed by atoms with Crippen LogP contribution in [0.25, 0.3) is 23.2 Å². The Morgan fingerprint density at radius 2 is 1.70 bits per heavy atom. The fourth-order valence-corrected chi connectivity index (χ4v) is 3.40. The summed E-state index contributed by atoms with van der Waals surface area (Å²) in [7, 11) is 0. The Morgan fingerprint density at radius 3 is 2.52 bits per heavy atom. The Balaban J connectivity index is 1.77. The Bertz CT molecular complexity index is 1120. The van der Waals surface area contributed by atoms with Crippen molar-refractivity contribution < 1.29 is 0 Å². The molecule has 0 unspecified atom stereocenters. The minimum absolute atomic E-state index is 0.745. The number of hydrogen-bond acceptors (Lipinski definition) is 1. The first kappa shape index (κ1) is 17.6. The summed E-state index contributed by atoms with van der Waals surface area (Å²) in [6.45, 7) is 5.10. The zero-order valence-electron chi connectivity index (χ0n) is 15.5. The predicted molar refractivity (Wildman–Crippen MR) is 115 cm³/mol. The normalized spacial score (nSPS) is 11.5. The molecule has 0 N–H and O–H groups in total. The molecular formula is C24H21ClN2. The lowest BCUT2D eigenvalue weighted by Crippen LogP contribution is -2.04. The van der Waals surface area contributed by atoms with Gasteiger partial charge in [-0.25, -0.2) is 4.98 Å². The molecule has 0 fully saturated rings. The van der Waals surface area contributed by atoms with Crippen LogP contribution in [-0.2, 0) is 6.54 Å². The molecule has 0 spiro atoms. The molecule has 27 heavy (non-hydrogen) atoms. The lowest BCUT2D eigenvalue weighted by atomic mass is 10.1. The van der Waals surface area contributed by atoms with Gasteiger partial charge < -0.3 is 4.57 Å². The molecule has 134 valence electrons. The number of nitrogens with zero attached hydrogens (tertiary/aromatic N) is 2. The first-order valence-electron chi connectivity index (χ1n) is 9.05. The number of para-hydroxylation sites is 2. The third-order valence-electron chi connectivity index (χ3n) is 4.81.